The van der Waals surface area contributed by atoms with E-state index in [1.165, 1.54) is 0 Å². The maximum absolute atomic E-state index is 5.40. The fourth-order valence-electron chi connectivity index (χ4n) is 0.0546. The molecular weight excluding hydrogens is 219 g/mol. The highest BCUT2D eigenvalue weighted by atomic mass is 79.9. The summed E-state index contributed by atoms with van der Waals surface area (Å²) >= 11 is 18.2. The van der Waals surface area contributed by atoms with Crippen molar-refractivity contribution in [3.05, 3.63) is 8.97 Å². The lowest BCUT2D eigenvalue weighted by molar-refractivity contribution is 1.73. The first-order valence-electron chi connectivity index (χ1n) is 1.46. The molecule has 1 radical (unpaired) electrons. The van der Waals surface area contributed by atoms with Crippen LogP contribution in [0.3, 0.4) is 0 Å². The molecule has 0 aliphatic carbocycles. The second-order valence-electron chi connectivity index (χ2n) is 0.810. The van der Waals surface area contributed by atoms with E-state index in [-0.39, 0.29) is 0 Å². The molecule has 0 aromatic heterocycles. The first kappa shape index (κ1) is 8.15. The Kier molecular flexibility index (Phi) is 4.74. The highest BCUT2D eigenvalue weighted by molar-refractivity contribution is 9.12. The van der Waals surface area contributed by atoms with Crippen LogP contribution in [0, 0.1) is 0 Å². The Hall–Kier alpha value is 1.15. The van der Waals surface area contributed by atoms with Gasteiger partial charge < -0.3 is 0 Å². The number of hydrogen-bond donors (Lipinski definition) is 0. The van der Waals surface area contributed by atoms with E-state index < -0.39 is 0 Å². The fraction of sp³-hybridized carbons (Fsp3) is 0.333. The summed E-state index contributed by atoms with van der Waals surface area (Å²) < 4.78 is 0.407. The summed E-state index contributed by atoms with van der Waals surface area (Å²) in [4.78, 5) is 0. The van der Waals surface area contributed by atoms with Gasteiger partial charge in [0.05, 0.1) is 8.97 Å². The maximum atomic E-state index is 5.40. The van der Waals surface area contributed by atoms with Gasteiger partial charge in [0.25, 0.3) is 0 Å². The summed E-state index contributed by atoms with van der Waals surface area (Å²) in [6, 6.07) is 0. The van der Waals surface area contributed by atoms with Gasteiger partial charge in [0, 0.05) is 5.75 Å². The number of halogens is 3. The molecule has 0 spiro atoms. The van der Waals surface area contributed by atoms with Crippen molar-refractivity contribution in [2.24, 2.45) is 0 Å². The highest BCUT2D eigenvalue weighted by Crippen LogP contribution is 2.19. The minimum Gasteiger partial charge on any atom is -0.0879 e. The molecule has 0 N–H and O–H groups in total. The summed E-state index contributed by atoms with van der Waals surface area (Å²) in [5, 5.41) is 0.483. The molecule has 7 heavy (non-hydrogen) atoms. The molecule has 0 aromatic carbocycles. The van der Waals surface area contributed by atoms with Crippen molar-refractivity contribution in [2.75, 3.05) is 5.75 Å². The van der Waals surface area contributed by atoms with Gasteiger partial charge in [-0.2, -0.15) is 0 Å². The van der Waals surface area contributed by atoms with Gasteiger partial charge in [-0.1, -0.05) is 35.8 Å². The Morgan fingerprint density at radius 3 is 2.00 bits per heavy atom. The van der Waals surface area contributed by atoms with Crippen LogP contribution in [0.4, 0.5) is 0 Å². The van der Waals surface area contributed by atoms with Crippen molar-refractivity contribution in [3.63, 3.8) is 0 Å². The fourth-order valence-corrected chi connectivity index (χ4v) is 0.671. The SMILES string of the molecule is [S]CC(Cl)=C(Cl)Br. The topological polar surface area (TPSA) is 0 Å². The lowest BCUT2D eigenvalue weighted by atomic mass is 10.7. The average Bonchev–Trinajstić information content (AvgIpc) is 1.65. The maximum Gasteiger partial charge on any atom is 0.0987 e. The van der Waals surface area contributed by atoms with Gasteiger partial charge in [-0.15, -0.1) is 0 Å². The Morgan fingerprint density at radius 1 is 1.57 bits per heavy atom. The van der Waals surface area contributed by atoms with Crippen LogP contribution in [0.5, 0.6) is 0 Å². The predicted octanol–water partition coefficient (Wildman–Crippen LogP) is 3.23. The third-order valence-corrected chi connectivity index (χ3v) is 2.13. The predicted molar refractivity (Wildman–Crippen MR) is 40.1 cm³/mol. The largest absolute Gasteiger partial charge is 0.0987 e. The van der Waals surface area contributed by atoms with Gasteiger partial charge in [0.1, 0.15) is 0 Å². The van der Waals surface area contributed by atoms with E-state index in [1.807, 2.05) is 0 Å². The summed E-state index contributed by atoms with van der Waals surface area (Å²) in [6.07, 6.45) is 0. The second-order valence-corrected chi connectivity index (χ2v) is 3.18. The molecule has 0 atom stereocenters. The monoisotopic (exact) mass is 219 g/mol. The van der Waals surface area contributed by atoms with Gasteiger partial charge in [-0.25, -0.2) is 0 Å². The average molecular weight is 221 g/mol. The number of rotatable bonds is 1. The molecule has 0 saturated heterocycles. The first-order chi connectivity index (χ1) is 3.18. The zero-order valence-electron chi connectivity index (χ0n) is 3.25. The van der Waals surface area contributed by atoms with E-state index >= 15 is 0 Å². The Labute approximate surface area is 66.4 Å². The van der Waals surface area contributed by atoms with Crippen LogP contribution in [-0.2, 0) is 0 Å². The van der Waals surface area contributed by atoms with Gasteiger partial charge >= 0.3 is 0 Å². The van der Waals surface area contributed by atoms with Crippen LogP contribution in [-0.4, -0.2) is 5.75 Å². The molecular formula is C3H2BrCl2S. The molecule has 0 saturated carbocycles. The van der Waals surface area contributed by atoms with E-state index in [1.54, 1.807) is 0 Å². The Morgan fingerprint density at radius 2 is 2.00 bits per heavy atom. The van der Waals surface area contributed by atoms with Gasteiger partial charge in [0.15, 0.2) is 0 Å². The first-order valence-corrected chi connectivity index (χ1v) is 3.59. The molecule has 41 valence electrons. The molecule has 0 aliphatic rings. The van der Waals surface area contributed by atoms with Crippen molar-refractivity contribution in [1.82, 2.24) is 0 Å². The van der Waals surface area contributed by atoms with Crippen molar-refractivity contribution in [3.8, 4) is 0 Å². The van der Waals surface area contributed by atoms with E-state index in [4.69, 9.17) is 23.2 Å². The lowest BCUT2D eigenvalue weighted by Gasteiger charge is -1.85. The summed E-state index contributed by atoms with van der Waals surface area (Å²) in [7, 11) is 0. The number of hydrogen-bond acceptors (Lipinski definition) is 0. The molecule has 4 heteroatoms. The third kappa shape index (κ3) is 3.71. The van der Waals surface area contributed by atoms with Crippen LogP contribution in [0.25, 0.3) is 0 Å². The van der Waals surface area contributed by atoms with Crippen LogP contribution >= 0.6 is 51.8 Å². The smallest absolute Gasteiger partial charge is 0.0879 e. The van der Waals surface area contributed by atoms with Crippen LogP contribution in [0.15, 0.2) is 8.97 Å². The highest BCUT2D eigenvalue weighted by Gasteiger charge is 1.92. The summed E-state index contributed by atoms with van der Waals surface area (Å²) in [5.74, 6) is 0.367. The van der Waals surface area contributed by atoms with Crippen LogP contribution in [0.1, 0.15) is 0 Å². The molecule has 0 aromatic rings. The van der Waals surface area contributed by atoms with E-state index in [9.17, 15) is 0 Å². The quantitative estimate of drug-likeness (QED) is 0.637. The Bertz CT molecular complexity index is 86.9. The van der Waals surface area contributed by atoms with Gasteiger partial charge in [-0.05, 0) is 15.9 Å². The summed E-state index contributed by atoms with van der Waals surface area (Å²) in [5.41, 5.74) is 0. The van der Waals surface area contributed by atoms with Crippen LogP contribution in [0.2, 0.25) is 0 Å². The standard InChI is InChI=1S/C3H2BrCl2S/c4-3(6)2(5)1-7/h1H2. The molecule has 0 unspecified atom stereocenters. The van der Waals surface area contributed by atoms with Crippen molar-refractivity contribution in [2.45, 2.75) is 0 Å². The zero-order chi connectivity index (χ0) is 5.86. The van der Waals surface area contributed by atoms with Crippen molar-refractivity contribution in [1.29, 1.82) is 0 Å². The summed E-state index contributed by atoms with van der Waals surface area (Å²) in [6.45, 7) is 0. The molecule has 0 rings (SSSR count). The minimum absolute atomic E-state index is 0.367. The van der Waals surface area contributed by atoms with Gasteiger partial charge in [-0.3, -0.25) is 0 Å². The van der Waals surface area contributed by atoms with E-state index in [0.29, 0.717) is 14.7 Å². The molecule has 0 nitrogen and oxygen atoms in total. The van der Waals surface area contributed by atoms with Crippen LogP contribution < -0.4 is 0 Å². The normalized spacial score (nSPS) is 13.7. The van der Waals surface area contributed by atoms with E-state index in [0.717, 1.165) is 0 Å². The molecule has 0 fully saturated rings. The Balaban J connectivity index is 3.72. The molecule has 0 amide bonds. The third-order valence-electron chi connectivity index (χ3n) is 0.332. The van der Waals surface area contributed by atoms with Crippen molar-refractivity contribution >= 4 is 51.8 Å². The zero-order valence-corrected chi connectivity index (χ0v) is 7.16. The molecule has 0 heterocycles. The van der Waals surface area contributed by atoms with Crippen molar-refractivity contribution < 1.29 is 0 Å². The molecule has 0 bridgehead atoms. The van der Waals surface area contributed by atoms with Gasteiger partial charge in [0.2, 0.25) is 0 Å². The lowest BCUT2D eigenvalue weighted by Crippen LogP contribution is -1.69. The van der Waals surface area contributed by atoms with E-state index in [2.05, 4.69) is 28.6 Å². The second kappa shape index (κ2) is 4.07. The molecule has 0 aliphatic heterocycles. The minimum atomic E-state index is 0.367.